The van der Waals surface area contributed by atoms with Crippen LogP contribution in [0.15, 0.2) is 36.7 Å². The Kier molecular flexibility index (Phi) is 6.35. The predicted octanol–water partition coefficient (Wildman–Crippen LogP) is 2.57. The molecular weight excluding hydrogens is 430 g/mol. The van der Waals surface area contributed by atoms with E-state index in [1.165, 1.54) is 11.1 Å². The van der Waals surface area contributed by atoms with Gasteiger partial charge in [-0.15, -0.1) is 0 Å². The number of anilines is 3. The van der Waals surface area contributed by atoms with Crippen LogP contribution in [0.3, 0.4) is 0 Å². The molecule has 5 rings (SSSR count). The summed E-state index contributed by atoms with van der Waals surface area (Å²) in [4.78, 5) is 35.2. The fourth-order valence-corrected chi connectivity index (χ4v) is 4.55. The first-order valence-corrected chi connectivity index (χ1v) is 11.8. The summed E-state index contributed by atoms with van der Waals surface area (Å²) in [6.45, 7) is 5.38. The fraction of sp³-hybridized carbons (Fsp3) is 0.400. The number of aryl methyl sites for hydroxylation is 2. The van der Waals surface area contributed by atoms with E-state index in [0.29, 0.717) is 57.5 Å². The summed E-state index contributed by atoms with van der Waals surface area (Å²) in [5, 5.41) is 0. The number of nitrogens with zero attached hydrogens (tertiary/aromatic N) is 6. The number of rotatable bonds is 6. The van der Waals surface area contributed by atoms with E-state index in [0.717, 1.165) is 29.7 Å². The minimum absolute atomic E-state index is 0.0958. The molecule has 1 aromatic carbocycles. The lowest BCUT2D eigenvalue weighted by Gasteiger charge is -2.28. The van der Waals surface area contributed by atoms with E-state index in [-0.39, 0.29) is 11.9 Å². The molecule has 0 unspecified atom stereocenters. The highest BCUT2D eigenvalue weighted by atomic mass is 16.5. The second kappa shape index (κ2) is 9.72. The summed E-state index contributed by atoms with van der Waals surface area (Å²) >= 11 is 0. The molecule has 1 saturated heterocycles. The Morgan fingerprint density at radius 2 is 1.85 bits per heavy atom. The van der Waals surface area contributed by atoms with Crippen molar-refractivity contribution in [1.29, 1.82) is 0 Å². The summed E-state index contributed by atoms with van der Waals surface area (Å²) in [5.74, 6) is 1.62. The van der Waals surface area contributed by atoms with E-state index in [1.807, 2.05) is 17.0 Å². The maximum absolute atomic E-state index is 13.3. The number of carbonyl (C=O) groups excluding carboxylic acids is 1. The van der Waals surface area contributed by atoms with Gasteiger partial charge < -0.3 is 15.4 Å². The summed E-state index contributed by atoms with van der Waals surface area (Å²) in [6.07, 6.45) is 6.22. The fourth-order valence-electron chi connectivity index (χ4n) is 4.55. The van der Waals surface area contributed by atoms with Gasteiger partial charge in [0.1, 0.15) is 5.82 Å². The van der Waals surface area contributed by atoms with E-state index in [9.17, 15) is 4.79 Å². The number of nitrogen functional groups attached to an aromatic ring is 1. The molecule has 0 spiro atoms. The molecule has 0 atom stereocenters. The van der Waals surface area contributed by atoms with Gasteiger partial charge in [-0.1, -0.05) is 24.3 Å². The smallest absolute Gasteiger partial charge is 0.228 e. The number of carbonyl (C=O) groups is 1. The normalized spacial score (nSPS) is 15.4. The van der Waals surface area contributed by atoms with Gasteiger partial charge in [-0.2, -0.15) is 4.98 Å². The van der Waals surface area contributed by atoms with Crippen LogP contribution in [0.4, 0.5) is 17.7 Å². The third-order valence-electron chi connectivity index (χ3n) is 6.45. The number of morpholine rings is 1. The molecule has 0 radical (unpaired) electrons. The second-order valence-corrected chi connectivity index (χ2v) is 8.68. The Morgan fingerprint density at radius 3 is 2.62 bits per heavy atom. The molecule has 2 aliphatic rings. The molecular formula is C25H29N7O2. The van der Waals surface area contributed by atoms with Gasteiger partial charge in [0, 0.05) is 49.6 Å². The SMILES string of the molecule is Cc1ccccc1CCCC(=O)N1CCc2c(-c3cnc(N)nc3)nc(N3CCOCC3)nc21. The van der Waals surface area contributed by atoms with Crippen LogP contribution in [0.2, 0.25) is 0 Å². The maximum atomic E-state index is 13.3. The lowest BCUT2D eigenvalue weighted by atomic mass is 10.0. The van der Waals surface area contributed by atoms with Crippen molar-refractivity contribution in [1.82, 2.24) is 19.9 Å². The molecule has 2 aromatic heterocycles. The third-order valence-corrected chi connectivity index (χ3v) is 6.45. The molecule has 1 fully saturated rings. The van der Waals surface area contributed by atoms with Gasteiger partial charge in [0.25, 0.3) is 0 Å². The first-order valence-electron chi connectivity index (χ1n) is 11.8. The zero-order chi connectivity index (χ0) is 23.5. The van der Waals surface area contributed by atoms with Crippen LogP contribution < -0.4 is 15.5 Å². The largest absolute Gasteiger partial charge is 0.378 e. The van der Waals surface area contributed by atoms with Gasteiger partial charge in [0.2, 0.25) is 17.8 Å². The van der Waals surface area contributed by atoms with Crippen molar-refractivity contribution in [2.75, 3.05) is 48.4 Å². The first-order chi connectivity index (χ1) is 16.6. The van der Waals surface area contributed by atoms with Crippen LogP contribution in [-0.4, -0.2) is 58.7 Å². The summed E-state index contributed by atoms with van der Waals surface area (Å²) in [7, 11) is 0. The highest BCUT2D eigenvalue weighted by Crippen LogP contribution is 2.35. The number of hydrogen-bond donors (Lipinski definition) is 1. The number of fused-ring (bicyclic) bond motifs is 1. The highest BCUT2D eigenvalue weighted by molar-refractivity contribution is 5.95. The van der Waals surface area contributed by atoms with Crippen LogP contribution in [0.1, 0.15) is 29.5 Å². The number of hydrogen-bond acceptors (Lipinski definition) is 8. The van der Waals surface area contributed by atoms with E-state index in [1.54, 1.807) is 12.4 Å². The van der Waals surface area contributed by atoms with Crippen molar-refractivity contribution in [3.63, 3.8) is 0 Å². The molecule has 34 heavy (non-hydrogen) atoms. The predicted molar refractivity (Wildman–Crippen MR) is 131 cm³/mol. The van der Waals surface area contributed by atoms with E-state index in [2.05, 4.69) is 33.9 Å². The topological polar surface area (TPSA) is 110 Å². The summed E-state index contributed by atoms with van der Waals surface area (Å²) in [6, 6.07) is 8.34. The van der Waals surface area contributed by atoms with Crippen LogP contribution in [0.25, 0.3) is 11.3 Å². The van der Waals surface area contributed by atoms with Gasteiger partial charge in [-0.05, 0) is 37.3 Å². The van der Waals surface area contributed by atoms with Crippen molar-refractivity contribution in [3.8, 4) is 11.3 Å². The molecule has 0 aliphatic carbocycles. The Bertz CT molecular complexity index is 1180. The lowest BCUT2D eigenvalue weighted by molar-refractivity contribution is -0.118. The zero-order valence-electron chi connectivity index (χ0n) is 19.4. The first kappa shape index (κ1) is 22.2. The summed E-state index contributed by atoms with van der Waals surface area (Å²) in [5.41, 5.74) is 10.7. The standard InChI is InChI=1S/C25H29N7O2/c1-17-5-2-3-6-18(17)7-4-8-21(33)32-10-9-20-22(19-15-27-24(26)28-16-19)29-25(30-23(20)32)31-11-13-34-14-12-31/h2-3,5-6,15-16H,4,7-14H2,1H3,(H2,26,27,28). The van der Waals surface area contributed by atoms with E-state index < -0.39 is 0 Å². The molecule has 176 valence electrons. The Balaban J connectivity index is 1.41. The Hall–Kier alpha value is -3.59. The average Bonchev–Trinajstić information content (AvgIpc) is 3.30. The number of ether oxygens (including phenoxy) is 1. The number of nitrogens with two attached hydrogens (primary N) is 1. The average molecular weight is 460 g/mol. The van der Waals surface area contributed by atoms with Crippen LogP contribution in [0, 0.1) is 6.92 Å². The number of amides is 1. The Morgan fingerprint density at radius 1 is 1.09 bits per heavy atom. The summed E-state index contributed by atoms with van der Waals surface area (Å²) < 4.78 is 5.49. The lowest BCUT2D eigenvalue weighted by Crippen LogP contribution is -2.38. The number of benzene rings is 1. The number of aromatic nitrogens is 4. The van der Waals surface area contributed by atoms with Gasteiger partial charge >= 0.3 is 0 Å². The highest BCUT2D eigenvalue weighted by Gasteiger charge is 2.31. The zero-order valence-corrected chi connectivity index (χ0v) is 19.4. The van der Waals surface area contributed by atoms with Crippen molar-refractivity contribution in [2.45, 2.75) is 32.6 Å². The molecule has 4 heterocycles. The van der Waals surface area contributed by atoms with Gasteiger partial charge in [0.05, 0.1) is 18.9 Å². The molecule has 2 aliphatic heterocycles. The van der Waals surface area contributed by atoms with Crippen molar-refractivity contribution < 1.29 is 9.53 Å². The monoisotopic (exact) mass is 459 g/mol. The Labute approximate surface area is 199 Å². The molecule has 0 bridgehead atoms. The van der Waals surface area contributed by atoms with Crippen LogP contribution >= 0.6 is 0 Å². The van der Waals surface area contributed by atoms with Crippen molar-refractivity contribution in [3.05, 3.63) is 53.3 Å². The maximum Gasteiger partial charge on any atom is 0.228 e. The minimum Gasteiger partial charge on any atom is -0.378 e. The molecule has 9 nitrogen and oxygen atoms in total. The van der Waals surface area contributed by atoms with Crippen LogP contribution in [0.5, 0.6) is 0 Å². The molecule has 9 heteroatoms. The molecule has 1 amide bonds. The minimum atomic E-state index is 0.0958. The molecule has 3 aromatic rings. The third kappa shape index (κ3) is 4.56. The van der Waals surface area contributed by atoms with E-state index in [4.69, 9.17) is 20.4 Å². The quantitative estimate of drug-likeness (QED) is 0.599. The van der Waals surface area contributed by atoms with E-state index >= 15 is 0 Å². The molecule has 0 saturated carbocycles. The van der Waals surface area contributed by atoms with Gasteiger partial charge in [0.15, 0.2) is 0 Å². The second-order valence-electron chi connectivity index (χ2n) is 8.68. The van der Waals surface area contributed by atoms with Crippen molar-refractivity contribution >= 4 is 23.6 Å². The van der Waals surface area contributed by atoms with Gasteiger partial charge in [-0.25, -0.2) is 15.0 Å². The van der Waals surface area contributed by atoms with Crippen molar-refractivity contribution in [2.24, 2.45) is 0 Å². The van der Waals surface area contributed by atoms with Gasteiger partial charge in [-0.3, -0.25) is 9.69 Å². The molecule has 2 N–H and O–H groups in total. The van der Waals surface area contributed by atoms with Crippen LogP contribution in [-0.2, 0) is 22.4 Å².